The number of aryl methyl sites for hydroxylation is 2. The maximum atomic E-state index is 12.5. The van der Waals surface area contributed by atoms with E-state index in [1.165, 1.54) is 4.90 Å². The van der Waals surface area contributed by atoms with Crippen LogP contribution in [0.1, 0.15) is 17.5 Å². The van der Waals surface area contributed by atoms with Gasteiger partial charge in [-0.3, -0.25) is 4.79 Å². The number of carbonyl (C=O) groups excluding carboxylic acids is 1. The summed E-state index contributed by atoms with van der Waals surface area (Å²) in [6.45, 7) is 10.9. The highest BCUT2D eigenvalue weighted by atomic mass is 16.5. The molecule has 0 saturated carbocycles. The van der Waals surface area contributed by atoms with E-state index in [-0.39, 0.29) is 5.91 Å². The van der Waals surface area contributed by atoms with Crippen LogP contribution in [0.5, 0.6) is 5.75 Å². The zero-order chi connectivity index (χ0) is 19.8. The van der Waals surface area contributed by atoms with Crippen molar-refractivity contribution in [3.63, 3.8) is 0 Å². The van der Waals surface area contributed by atoms with Crippen molar-refractivity contribution in [2.75, 3.05) is 51.2 Å². The molecule has 5 nitrogen and oxygen atoms in total. The van der Waals surface area contributed by atoms with Crippen molar-refractivity contribution in [2.45, 2.75) is 20.3 Å². The fourth-order valence-corrected chi connectivity index (χ4v) is 3.84. The standard InChI is InChI=1S/C23H31N3O2/c1-19-8-6-9-20(2)23(19)24-22(27)18-26-15-13-25(14-16-26)12-7-17-28-21-10-4-3-5-11-21/h3-6,8-11H,7,12-18H2,1-2H3,(H,24,27)/p+2. The lowest BCUT2D eigenvalue weighted by Gasteiger charge is -2.29. The third kappa shape index (κ3) is 6.08. The number of piperazine rings is 1. The summed E-state index contributed by atoms with van der Waals surface area (Å²) in [7, 11) is 0. The number of amides is 1. The van der Waals surface area contributed by atoms with Gasteiger partial charge in [0.25, 0.3) is 5.91 Å². The molecule has 150 valence electrons. The smallest absolute Gasteiger partial charge is 0.279 e. The van der Waals surface area contributed by atoms with Crippen molar-refractivity contribution >= 4 is 11.6 Å². The molecule has 2 aromatic carbocycles. The van der Waals surface area contributed by atoms with Crippen molar-refractivity contribution in [3.05, 3.63) is 59.7 Å². The van der Waals surface area contributed by atoms with E-state index in [0.717, 1.165) is 68.3 Å². The molecule has 1 aliphatic rings. The molecule has 0 aliphatic carbocycles. The topological polar surface area (TPSA) is 47.2 Å². The SMILES string of the molecule is Cc1cccc(C)c1NC(=O)C[NH+]1CC[NH+](CCCOc2ccccc2)CC1. The summed E-state index contributed by atoms with van der Waals surface area (Å²) in [6, 6.07) is 16.1. The quantitative estimate of drug-likeness (QED) is 0.581. The second kappa shape index (κ2) is 10.2. The number of benzene rings is 2. The molecule has 1 aliphatic heterocycles. The lowest BCUT2D eigenvalue weighted by atomic mass is 10.1. The number of hydrogen-bond acceptors (Lipinski definition) is 2. The molecule has 5 heteroatoms. The highest BCUT2D eigenvalue weighted by molar-refractivity contribution is 5.93. The zero-order valence-corrected chi connectivity index (χ0v) is 17.1. The highest BCUT2D eigenvalue weighted by Crippen LogP contribution is 2.18. The van der Waals surface area contributed by atoms with Gasteiger partial charge in [0.15, 0.2) is 6.54 Å². The molecule has 0 spiro atoms. The maximum absolute atomic E-state index is 12.5. The number of quaternary nitrogens is 2. The van der Waals surface area contributed by atoms with E-state index >= 15 is 0 Å². The Labute approximate surface area is 168 Å². The summed E-state index contributed by atoms with van der Waals surface area (Å²) >= 11 is 0. The van der Waals surface area contributed by atoms with Crippen molar-refractivity contribution in [1.82, 2.24) is 0 Å². The Bertz CT molecular complexity index is 735. The Morgan fingerprint density at radius 1 is 0.929 bits per heavy atom. The van der Waals surface area contributed by atoms with Crippen LogP contribution in [0, 0.1) is 13.8 Å². The van der Waals surface area contributed by atoms with Crippen LogP contribution in [0.25, 0.3) is 0 Å². The van der Waals surface area contributed by atoms with Crippen LogP contribution in [0.2, 0.25) is 0 Å². The normalized spacial score (nSPS) is 19.2. The van der Waals surface area contributed by atoms with Gasteiger partial charge in [0.05, 0.1) is 13.2 Å². The Morgan fingerprint density at radius 3 is 2.25 bits per heavy atom. The number of para-hydroxylation sites is 2. The van der Waals surface area contributed by atoms with Gasteiger partial charge < -0.3 is 19.9 Å². The van der Waals surface area contributed by atoms with Crippen LogP contribution < -0.4 is 19.9 Å². The van der Waals surface area contributed by atoms with E-state index in [4.69, 9.17) is 4.74 Å². The summed E-state index contributed by atoms with van der Waals surface area (Å²) in [5.41, 5.74) is 3.21. The van der Waals surface area contributed by atoms with E-state index < -0.39 is 0 Å². The minimum Gasteiger partial charge on any atom is -0.493 e. The summed E-state index contributed by atoms with van der Waals surface area (Å²) in [6.07, 6.45) is 1.06. The molecular formula is C23H33N3O2+2. The average molecular weight is 384 g/mol. The summed E-state index contributed by atoms with van der Waals surface area (Å²) < 4.78 is 5.78. The third-order valence-electron chi connectivity index (χ3n) is 5.51. The van der Waals surface area contributed by atoms with Crippen LogP contribution in [0.4, 0.5) is 5.69 Å². The van der Waals surface area contributed by atoms with Crippen LogP contribution in [-0.4, -0.2) is 51.8 Å². The first-order chi connectivity index (χ1) is 13.6. The molecule has 0 bridgehead atoms. The highest BCUT2D eigenvalue weighted by Gasteiger charge is 2.24. The molecule has 3 N–H and O–H groups in total. The van der Waals surface area contributed by atoms with Gasteiger partial charge in [-0.1, -0.05) is 36.4 Å². The molecular weight excluding hydrogens is 350 g/mol. The third-order valence-corrected chi connectivity index (χ3v) is 5.51. The first kappa shape index (κ1) is 20.4. The number of carbonyl (C=O) groups is 1. The second-order valence-corrected chi connectivity index (χ2v) is 7.76. The fraction of sp³-hybridized carbons (Fsp3) is 0.435. The number of ether oxygens (including phenoxy) is 1. The molecule has 1 fully saturated rings. The molecule has 28 heavy (non-hydrogen) atoms. The molecule has 1 amide bonds. The second-order valence-electron chi connectivity index (χ2n) is 7.76. The van der Waals surface area contributed by atoms with Gasteiger partial charge in [-0.2, -0.15) is 0 Å². The summed E-state index contributed by atoms with van der Waals surface area (Å²) in [5.74, 6) is 1.06. The lowest BCUT2D eigenvalue weighted by Crippen LogP contribution is -3.28. The molecule has 1 saturated heterocycles. The maximum Gasteiger partial charge on any atom is 0.279 e. The molecule has 0 atom stereocenters. The zero-order valence-electron chi connectivity index (χ0n) is 17.1. The van der Waals surface area contributed by atoms with Crippen LogP contribution >= 0.6 is 0 Å². The van der Waals surface area contributed by atoms with Gasteiger partial charge in [-0.05, 0) is 37.1 Å². The van der Waals surface area contributed by atoms with Crippen LogP contribution in [0.15, 0.2) is 48.5 Å². The van der Waals surface area contributed by atoms with Crippen molar-refractivity contribution < 1.29 is 19.3 Å². The van der Waals surface area contributed by atoms with Gasteiger partial charge in [0, 0.05) is 12.1 Å². The first-order valence-corrected chi connectivity index (χ1v) is 10.3. The predicted octanol–water partition coefficient (Wildman–Crippen LogP) is 0.494. The monoisotopic (exact) mass is 383 g/mol. The summed E-state index contributed by atoms with van der Waals surface area (Å²) in [5, 5.41) is 3.11. The Morgan fingerprint density at radius 2 is 1.57 bits per heavy atom. The minimum atomic E-state index is 0.118. The number of nitrogens with one attached hydrogen (secondary N) is 3. The largest absolute Gasteiger partial charge is 0.493 e. The Kier molecular flexibility index (Phi) is 7.46. The number of anilines is 1. The molecule has 3 rings (SSSR count). The molecule has 0 radical (unpaired) electrons. The van der Waals surface area contributed by atoms with Crippen molar-refractivity contribution in [3.8, 4) is 5.75 Å². The molecule has 2 aromatic rings. The van der Waals surface area contributed by atoms with E-state index in [2.05, 4.69) is 5.32 Å². The number of hydrogen-bond donors (Lipinski definition) is 3. The van der Waals surface area contributed by atoms with E-state index in [9.17, 15) is 4.79 Å². The minimum absolute atomic E-state index is 0.118. The Balaban J connectivity index is 1.33. The Hall–Kier alpha value is -2.37. The van der Waals surface area contributed by atoms with Crippen LogP contribution in [-0.2, 0) is 4.79 Å². The van der Waals surface area contributed by atoms with Crippen LogP contribution in [0.3, 0.4) is 0 Å². The molecule has 0 unspecified atom stereocenters. The van der Waals surface area contributed by atoms with Gasteiger partial charge in [-0.25, -0.2) is 0 Å². The van der Waals surface area contributed by atoms with E-state index in [1.54, 1.807) is 4.90 Å². The van der Waals surface area contributed by atoms with Crippen molar-refractivity contribution in [2.24, 2.45) is 0 Å². The lowest BCUT2D eigenvalue weighted by molar-refractivity contribution is -1.01. The van der Waals surface area contributed by atoms with Gasteiger partial charge in [0.2, 0.25) is 0 Å². The summed E-state index contributed by atoms with van der Waals surface area (Å²) in [4.78, 5) is 15.5. The van der Waals surface area contributed by atoms with Gasteiger partial charge in [0.1, 0.15) is 31.9 Å². The van der Waals surface area contributed by atoms with Crippen molar-refractivity contribution in [1.29, 1.82) is 0 Å². The van der Waals surface area contributed by atoms with E-state index in [1.807, 2.05) is 62.4 Å². The predicted molar refractivity (Wildman–Crippen MR) is 112 cm³/mol. The molecule has 0 aromatic heterocycles. The fourth-order valence-electron chi connectivity index (χ4n) is 3.84. The number of rotatable bonds is 8. The molecule has 1 heterocycles. The van der Waals surface area contributed by atoms with E-state index in [0.29, 0.717) is 6.54 Å². The first-order valence-electron chi connectivity index (χ1n) is 10.3. The average Bonchev–Trinajstić information content (AvgIpc) is 2.70. The van der Waals surface area contributed by atoms with Gasteiger partial charge >= 0.3 is 0 Å². The van der Waals surface area contributed by atoms with Gasteiger partial charge in [-0.15, -0.1) is 0 Å².